The van der Waals surface area contributed by atoms with Crippen LogP contribution in [0.4, 0.5) is 0 Å². The average Bonchev–Trinajstić information content (AvgIpc) is 2.80. The first-order chi connectivity index (χ1) is 10.8. The largest absolute Gasteiger partial charge is 0.496 e. The van der Waals surface area contributed by atoms with Crippen LogP contribution in [-0.4, -0.2) is 43.4 Å². The fraction of sp³-hybridized carbons (Fsp3) is 0.357. The monoisotopic (exact) mass is 321 g/mol. The standard InChI is InChI=1S/C14H15N3O4S/c1-19-10-6-12-11(20-3-2-4-21-12)5-9(10)7-15-17-14-16-13(18)8-22-14/h5-7H,2-4,8H2,1H3,(H,16,17,18). The zero-order valence-electron chi connectivity index (χ0n) is 12.0. The number of amidine groups is 1. The van der Waals surface area contributed by atoms with E-state index in [-0.39, 0.29) is 5.91 Å². The van der Waals surface area contributed by atoms with E-state index in [9.17, 15) is 4.79 Å². The van der Waals surface area contributed by atoms with Gasteiger partial charge in [0.25, 0.3) is 0 Å². The molecular weight excluding hydrogens is 306 g/mol. The predicted molar refractivity (Wildman–Crippen MR) is 84.2 cm³/mol. The number of thioether (sulfide) groups is 1. The third-order valence-electron chi connectivity index (χ3n) is 3.03. The van der Waals surface area contributed by atoms with E-state index in [0.717, 1.165) is 12.0 Å². The summed E-state index contributed by atoms with van der Waals surface area (Å²) in [4.78, 5) is 11.1. The summed E-state index contributed by atoms with van der Waals surface area (Å²) in [6.07, 6.45) is 2.40. The molecule has 0 radical (unpaired) electrons. The van der Waals surface area contributed by atoms with E-state index >= 15 is 0 Å². The Bertz CT molecular complexity index is 645. The maximum atomic E-state index is 11.1. The zero-order valence-corrected chi connectivity index (χ0v) is 12.8. The quantitative estimate of drug-likeness (QED) is 0.672. The normalized spacial score (nSPS) is 19.3. The molecule has 1 aromatic rings. The predicted octanol–water partition coefficient (Wildman–Crippen LogP) is 1.41. The minimum atomic E-state index is -0.0629. The van der Waals surface area contributed by atoms with Crippen LogP contribution in [0, 0.1) is 0 Å². The summed E-state index contributed by atoms with van der Waals surface area (Å²) in [5.41, 5.74) is 0.727. The van der Waals surface area contributed by atoms with Gasteiger partial charge in [-0.3, -0.25) is 4.79 Å². The number of nitrogens with zero attached hydrogens (tertiary/aromatic N) is 2. The highest BCUT2D eigenvalue weighted by Gasteiger charge is 2.17. The highest BCUT2D eigenvalue weighted by molar-refractivity contribution is 8.15. The van der Waals surface area contributed by atoms with Gasteiger partial charge in [0.05, 0.1) is 32.3 Å². The number of carbonyl (C=O) groups is 1. The minimum absolute atomic E-state index is 0.0629. The second-order valence-electron chi connectivity index (χ2n) is 4.58. The summed E-state index contributed by atoms with van der Waals surface area (Å²) in [5, 5.41) is 11.1. The molecule has 1 N–H and O–H groups in total. The van der Waals surface area contributed by atoms with Gasteiger partial charge in [0.2, 0.25) is 5.91 Å². The molecule has 0 unspecified atom stereocenters. The van der Waals surface area contributed by atoms with Crippen molar-refractivity contribution in [2.24, 2.45) is 10.2 Å². The van der Waals surface area contributed by atoms with Crippen molar-refractivity contribution >= 4 is 29.1 Å². The lowest BCUT2D eigenvalue weighted by Crippen LogP contribution is -2.19. The molecule has 0 aromatic heterocycles. The zero-order chi connectivity index (χ0) is 15.4. The second-order valence-corrected chi connectivity index (χ2v) is 5.54. The molecule has 3 rings (SSSR count). The summed E-state index contributed by atoms with van der Waals surface area (Å²) < 4.78 is 16.6. The van der Waals surface area contributed by atoms with Crippen LogP contribution in [0.3, 0.4) is 0 Å². The molecule has 22 heavy (non-hydrogen) atoms. The fourth-order valence-corrected chi connectivity index (χ4v) is 2.64. The highest BCUT2D eigenvalue weighted by Crippen LogP contribution is 2.35. The molecule has 1 fully saturated rings. The molecule has 1 aromatic carbocycles. The molecular formula is C14H15N3O4S. The van der Waals surface area contributed by atoms with Gasteiger partial charge in [0.1, 0.15) is 5.75 Å². The Hall–Kier alpha value is -2.22. The Kier molecular flexibility index (Phi) is 4.47. The van der Waals surface area contributed by atoms with Gasteiger partial charge in [0.15, 0.2) is 16.7 Å². The lowest BCUT2D eigenvalue weighted by atomic mass is 10.2. The third-order valence-corrected chi connectivity index (χ3v) is 3.90. The Labute approximate surface area is 131 Å². The molecule has 1 saturated heterocycles. The maximum Gasteiger partial charge on any atom is 0.236 e. The van der Waals surface area contributed by atoms with E-state index in [1.165, 1.54) is 11.8 Å². The van der Waals surface area contributed by atoms with Crippen LogP contribution in [-0.2, 0) is 4.79 Å². The minimum Gasteiger partial charge on any atom is -0.496 e. The topological polar surface area (TPSA) is 81.5 Å². The van der Waals surface area contributed by atoms with Crippen molar-refractivity contribution in [3.05, 3.63) is 17.7 Å². The van der Waals surface area contributed by atoms with Gasteiger partial charge in [-0.05, 0) is 6.07 Å². The van der Waals surface area contributed by atoms with Gasteiger partial charge in [-0.15, -0.1) is 5.10 Å². The molecule has 0 atom stereocenters. The molecule has 0 spiro atoms. The van der Waals surface area contributed by atoms with Crippen molar-refractivity contribution in [3.8, 4) is 17.2 Å². The highest BCUT2D eigenvalue weighted by atomic mass is 32.2. The summed E-state index contributed by atoms with van der Waals surface area (Å²) in [5.74, 6) is 2.26. The van der Waals surface area contributed by atoms with Crippen LogP contribution >= 0.6 is 11.8 Å². The Balaban J connectivity index is 1.83. The van der Waals surface area contributed by atoms with E-state index in [1.807, 2.05) is 6.07 Å². The molecule has 2 aliphatic rings. The molecule has 8 heteroatoms. The summed E-state index contributed by atoms with van der Waals surface area (Å²) >= 11 is 1.32. The van der Waals surface area contributed by atoms with Gasteiger partial charge in [-0.1, -0.05) is 11.8 Å². The van der Waals surface area contributed by atoms with E-state index < -0.39 is 0 Å². The number of methoxy groups -OCH3 is 1. The first-order valence-corrected chi connectivity index (χ1v) is 7.76. The molecule has 0 bridgehead atoms. The van der Waals surface area contributed by atoms with Gasteiger partial charge in [-0.2, -0.15) is 5.10 Å². The van der Waals surface area contributed by atoms with Crippen molar-refractivity contribution in [1.82, 2.24) is 5.32 Å². The van der Waals surface area contributed by atoms with Crippen LogP contribution in [0.2, 0.25) is 0 Å². The Morgan fingerprint density at radius 1 is 1.32 bits per heavy atom. The van der Waals surface area contributed by atoms with Crippen LogP contribution in [0.1, 0.15) is 12.0 Å². The van der Waals surface area contributed by atoms with Crippen LogP contribution in [0.25, 0.3) is 0 Å². The molecule has 0 aliphatic carbocycles. The number of hydrogen-bond donors (Lipinski definition) is 1. The smallest absolute Gasteiger partial charge is 0.236 e. The van der Waals surface area contributed by atoms with Gasteiger partial charge in [-0.25, -0.2) is 0 Å². The van der Waals surface area contributed by atoms with Crippen molar-refractivity contribution in [2.45, 2.75) is 6.42 Å². The van der Waals surface area contributed by atoms with E-state index in [2.05, 4.69) is 15.5 Å². The number of nitrogens with one attached hydrogen (secondary N) is 1. The number of rotatable bonds is 3. The van der Waals surface area contributed by atoms with Gasteiger partial charge in [0, 0.05) is 18.1 Å². The lowest BCUT2D eigenvalue weighted by molar-refractivity contribution is -0.116. The number of amides is 1. The van der Waals surface area contributed by atoms with Gasteiger partial charge >= 0.3 is 0 Å². The van der Waals surface area contributed by atoms with Gasteiger partial charge < -0.3 is 19.5 Å². The first-order valence-electron chi connectivity index (χ1n) is 6.77. The summed E-state index contributed by atoms with van der Waals surface area (Å²) in [7, 11) is 1.58. The van der Waals surface area contributed by atoms with Crippen LogP contribution in [0.15, 0.2) is 22.3 Å². The molecule has 1 amide bonds. The molecule has 7 nitrogen and oxygen atoms in total. The van der Waals surface area contributed by atoms with Crippen LogP contribution in [0.5, 0.6) is 17.2 Å². The number of fused-ring (bicyclic) bond motifs is 1. The number of benzene rings is 1. The molecule has 0 saturated carbocycles. The van der Waals surface area contributed by atoms with Crippen molar-refractivity contribution in [2.75, 3.05) is 26.1 Å². The number of carbonyl (C=O) groups excluding carboxylic acids is 1. The Morgan fingerprint density at radius 2 is 2.09 bits per heavy atom. The first kappa shape index (κ1) is 14.7. The van der Waals surface area contributed by atoms with Crippen molar-refractivity contribution < 1.29 is 19.0 Å². The van der Waals surface area contributed by atoms with E-state index in [0.29, 0.717) is 41.4 Å². The number of hydrogen-bond acceptors (Lipinski definition) is 7. The third kappa shape index (κ3) is 3.33. The van der Waals surface area contributed by atoms with E-state index in [4.69, 9.17) is 14.2 Å². The molecule has 2 aliphatic heterocycles. The lowest BCUT2D eigenvalue weighted by Gasteiger charge is -2.11. The molecule has 2 heterocycles. The Morgan fingerprint density at radius 3 is 2.77 bits per heavy atom. The van der Waals surface area contributed by atoms with E-state index in [1.54, 1.807) is 19.4 Å². The van der Waals surface area contributed by atoms with Crippen molar-refractivity contribution in [3.63, 3.8) is 0 Å². The SMILES string of the molecule is COc1cc2c(cc1C=NN=C1NC(=O)CS1)OCCCO2. The molecule has 116 valence electrons. The summed E-state index contributed by atoms with van der Waals surface area (Å²) in [6, 6.07) is 3.59. The summed E-state index contributed by atoms with van der Waals surface area (Å²) in [6.45, 7) is 1.23. The average molecular weight is 321 g/mol. The van der Waals surface area contributed by atoms with Crippen molar-refractivity contribution in [1.29, 1.82) is 0 Å². The maximum absolute atomic E-state index is 11.1. The second kappa shape index (κ2) is 6.69. The van der Waals surface area contributed by atoms with Crippen LogP contribution < -0.4 is 19.5 Å². The fourth-order valence-electron chi connectivity index (χ4n) is 2.01. The number of ether oxygens (including phenoxy) is 3.